The van der Waals surface area contributed by atoms with Gasteiger partial charge in [0.15, 0.2) is 17.5 Å². The van der Waals surface area contributed by atoms with Crippen LogP contribution in [0.4, 0.5) is 0 Å². The second-order valence-corrected chi connectivity index (χ2v) is 8.94. The Hall–Kier alpha value is -2.44. The van der Waals surface area contributed by atoms with Crippen LogP contribution < -0.4 is 20.5 Å². The standard InChI is InChI=1S/C24H38N4O3/c1-26-23(28-13-7-8-18(16-28)14-22(25)29)27-17-24(11-5-4-6-12-24)19-9-10-20(30-2)21(15-19)31-3/h9-10,15,18H,4-8,11-14,16-17H2,1-3H3,(H2,25,29)(H,26,27). The number of nitrogens with one attached hydrogen (secondary N) is 1. The molecule has 1 saturated heterocycles. The molecule has 1 aliphatic carbocycles. The lowest BCUT2D eigenvalue weighted by Gasteiger charge is -2.40. The number of aliphatic imine (C=N–C) groups is 1. The Morgan fingerprint density at radius 3 is 2.58 bits per heavy atom. The molecule has 1 atom stereocenters. The molecule has 1 aromatic carbocycles. The van der Waals surface area contributed by atoms with E-state index in [-0.39, 0.29) is 11.3 Å². The number of amides is 1. The summed E-state index contributed by atoms with van der Waals surface area (Å²) in [6.45, 7) is 2.61. The first-order chi connectivity index (χ1) is 15.0. The second-order valence-electron chi connectivity index (χ2n) is 8.94. The van der Waals surface area contributed by atoms with Crippen molar-refractivity contribution in [1.29, 1.82) is 0 Å². The molecule has 1 saturated carbocycles. The predicted molar refractivity (Wildman–Crippen MR) is 124 cm³/mol. The van der Waals surface area contributed by atoms with Gasteiger partial charge in [-0.25, -0.2) is 0 Å². The zero-order valence-electron chi connectivity index (χ0n) is 19.3. The summed E-state index contributed by atoms with van der Waals surface area (Å²) in [5, 5.41) is 3.68. The number of carbonyl (C=O) groups is 1. The van der Waals surface area contributed by atoms with Gasteiger partial charge in [-0.15, -0.1) is 0 Å². The quantitative estimate of drug-likeness (QED) is 0.513. The van der Waals surface area contributed by atoms with Gasteiger partial charge in [-0.2, -0.15) is 0 Å². The van der Waals surface area contributed by atoms with Gasteiger partial charge in [0.25, 0.3) is 0 Å². The summed E-state index contributed by atoms with van der Waals surface area (Å²) in [6.07, 6.45) is 8.55. The summed E-state index contributed by atoms with van der Waals surface area (Å²) in [4.78, 5) is 18.2. The summed E-state index contributed by atoms with van der Waals surface area (Å²) in [5.74, 6) is 2.54. The highest BCUT2D eigenvalue weighted by Gasteiger charge is 2.35. The molecule has 0 radical (unpaired) electrons. The van der Waals surface area contributed by atoms with Gasteiger partial charge in [-0.1, -0.05) is 25.3 Å². The van der Waals surface area contributed by atoms with E-state index in [4.69, 9.17) is 15.2 Å². The average Bonchev–Trinajstić information content (AvgIpc) is 2.79. The average molecular weight is 431 g/mol. The highest BCUT2D eigenvalue weighted by Crippen LogP contribution is 2.42. The Kier molecular flexibility index (Phi) is 8.04. The molecule has 1 amide bonds. The van der Waals surface area contributed by atoms with Crippen molar-refractivity contribution in [2.45, 2.75) is 56.8 Å². The van der Waals surface area contributed by atoms with Gasteiger partial charge >= 0.3 is 0 Å². The third-order valence-electron chi connectivity index (χ3n) is 6.91. The van der Waals surface area contributed by atoms with Crippen LogP contribution in [-0.2, 0) is 10.2 Å². The number of methoxy groups -OCH3 is 2. The fourth-order valence-electron chi connectivity index (χ4n) is 5.25. The summed E-state index contributed by atoms with van der Waals surface area (Å²) in [5.41, 5.74) is 6.76. The normalized spacial score (nSPS) is 21.5. The molecular weight excluding hydrogens is 392 g/mol. The van der Waals surface area contributed by atoms with E-state index in [0.29, 0.717) is 12.3 Å². The number of hydrogen-bond acceptors (Lipinski definition) is 4. The number of benzene rings is 1. The van der Waals surface area contributed by atoms with Crippen LogP contribution in [0.5, 0.6) is 11.5 Å². The third kappa shape index (κ3) is 5.63. The van der Waals surface area contributed by atoms with E-state index < -0.39 is 0 Å². The first-order valence-electron chi connectivity index (χ1n) is 11.5. The fraction of sp³-hybridized carbons (Fsp3) is 0.667. The summed E-state index contributed by atoms with van der Waals surface area (Å²) < 4.78 is 11.0. The third-order valence-corrected chi connectivity index (χ3v) is 6.91. The molecule has 172 valence electrons. The van der Waals surface area contributed by atoms with Crippen LogP contribution in [-0.4, -0.2) is 57.7 Å². The number of nitrogens with two attached hydrogens (primary N) is 1. The van der Waals surface area contributed by atoms with Crippen LogP contribution in [0.1, 0.15) is 56.9 Å². The molecule has 2 fully saturated rings. The van der Waals surface area contributed by atoms with Gasteiger partial charge < -0.3 is 25.4 Å². The molecule has 7 heteroatoms. The molecule has 0 spiro atoms. The molecule has 31 heavy (non-hydrogen) atoms. The largest absolute Gasteiger partial charge is 0.493 e. The van der Waals surface area contributed by atoms with Gasteiger partial charge in [0, 0.05) is 38.5 Å². The molecule has 1 unspecified atom stereocenters. The number of primary amides is 1. The van der Waals surface area contributed by atoms with Gasteiger partial charge in [0.05, 0.1) is 14.2 Å². The van der Waals surface area contributed by atoms with E-state index in [1.165, 1.54) is 24.8 Å². The lowest BCUT2D eigenvalue weighted by Crippen LogP contribution is -2.51. The van der Waals surface area contributed by atoms with Crippen molar-refractivity contribution in [3.8, 4) is 11.5 Å². The second kappa shape index (κ2) is 10.7. The Labute approximate surface area is 186 Å². The number of likely N-dealkylation sites (tertiary alicyclic amines) is 1. The number of rotatable bonds is 7. The Morgan fingerprint density at radius 1 is 1.19 bits per heavy atom. The van der Waals surface area contributed by atoms with Crippen LogP contribution in [0.15, 0.2) is 23.2 Å². The van der Waals surface area contributed by atoms with Crippen molar-refractivity contribution < 1.29 is 14.3 Å². The highest BCUT2D eigenvalue weighted by molar-refractivity contribution is 5.80. The van der Waals surface area contributed by atoms with Crippen LogP contribution in [0.3, 0.4) is 0 Å². The lowest BCUT2D eigenvalue weighted by atomic mass is 9.69. The van der Waals surface area contributed by atoms with Gasteiger partial charge in [0.1, 0.15) is 0 Å². The number of piperidine rings is 1. The molecule has 7 nitrogen and oxygen atoms in total. The molecule has 1 aromatic rings. The molecule has 0 aromatic heterocycles. The zero-order valence-corrected chi connectivity index (χ0v) is 19.3. The van der Waals surface area contributed by atoms with E-state index in [1.54, 1.807) is 14.2 Å². The van der Waals surface area contributed by atoms with Crippen LogP contribution in [0.2, 0.25) is 0 Å². The van der Waals surface area contributed by atoms with Crippen LogP contribution >= 0.6 is 0 Å². The predicted octanol–water partition coefficient (Wildman–Crippen LogP) is 3.07. The van der Waals surface area contributed by atoms with E-state index >= 15 is 0 Å². The van der Waals surface area contributed by atoms with Crippen molar-refractivity contribution in [1.82, 2.24) is 10.2 Å². The fourth-order valence-corrected chi connectivity index (χ4v) is 5.25. The number of ether oxygens (including phenoxy) is 2. The number of hydrogen-bond donors (Lipinski definition) is 2. The minimum absolute atomic E-state index is 0.0379. The van der Waals surface area contributed by atoms with Crippen LogP contribution in [0.25, 0.3) is 0 Å². The molecule has 3 N–H and O–H groups in total. The lowest BCUT2D eigenvalue weighted by molar-refractivity contribution is -0.119. The first-order valence-corrected chi connectivity index (χ1v) is 11.5. The molecular formula is C24H38N4O3. The highest BCUT2D eigenvalue weighted by atomic mass is 16.5. The summed E-state index contributed by atoms with van der Waals surface area (Å²) >= 11 is 0. The van der Waals surface area contributed by atoms with E-state index in [9.17, 15) is 4.79 Å². The van der Waals surface area contributed by atoms with Crippen LogP contribution in [0, 0.1) is 5.92 Å². The van der Waals surface area contributed by atoms with Gasteiger partial charge in [-0.3, -0.25) is 9.79 Å². The number of carbonyl (C=O) groups excluding carboxylic acids is 1. The minimum atomic E-state index is -0.218. The number of nitrogens with zero attached hydrogens (tertiary/aromatic N) is 2. The maximum absolute atomic E-state index is 11.4. The minimum Gasteiger partial charge on any atom is -0.493 e. The zero-order chi connectivity index (χ0) is 22.3. The van der Waals surface area contributed by atoms with Crippen molar-refractivity contribution in [3.63, 3.8) is 0 Å². The SMILES string of the molecule is CN=C(NCC1(c2ccc(OC)c(OC)c2)CCCCC1)N1CCCC(CC(N)=O)C1. The number of guanidine groups is 1. The molecule has 2 aliphatic rings. The van der Waals surface area contributed by atoms with Gasteiger partial charge in [-0.05, 0) is 49.3 Å². The van der Waals surface area contributed by atoms with Crippen molar-refractivity contribution >= 4 is 11.9 Å². The monoisotopic (exact) mass is 430 g/mol. The Bertz CT molecular complexity index is 774. The first kappa shape index (κ1) is 23.2. The van der Waals surface area contributed by atoms with Crippen molar-refractivity contribution in [2.24, 2.45) is 16.6 Å². The smallest absolute Gasteiger partial charge is 0.217 e. The topological polar surface area (TPSA) is 89.2 Å². The van der Waals surface area contributed by atoms with E-state index in [0.717, 1.165) is 62.8 Å². The Balaban J connectivity index is 1.76. The molecule has 0 bridgehead atoms. The maximum atomic E-state index is 11.4. The maximum Gasteiger partial charge on any atom is 0.217 e. The van der Waals surface area contributed by atoms with E-state index in [2.05, 4.69) is 27.3 Å². The summed E-state index contributed by atoms with van der Waals surface area (Å²) in [7, 11) is 5.20. The van der Waals surface area contributed by atoms with Gasteiger partial charge in [0.2, 0.25) is 5.91 Å². The Morgan fingerprint density at radius 2 is 1.94 bits per heavy atom. The van der Waals surface area contributed by atoms with Crippen molar-refractivity contribution in [2.75, 3.05) is 40.9 Å². The molecule has 1 heterocycles. The molecule has 3 rings (SSSR count). The van der Waals surface area contributed by atoms with E-state index in [1.807, 2.05) is 13.1 Å². The summed E-state index contributed by atoms with van der Waals surface area (Å²) in [6, 6.07) is 6.33. The molecule has 1 aliphatic heterocycles. The van der Waals surface area contributed by atoms with Crippen molar-refractivity contribution in [3.05, 3.63) is 23.8 Å².